The smallest absolute Gasteiger partial charge is 0.212 e. The number of rotatable bonds is 5. The van der Waals surface area contributed by atoms with Gasteiger partial charge in [0.2, 0.25) is 5.52 Å². The summed E-state index contributed by atoms with van der Waals surface area (Å²) >= 11 is 0. The lowest BCUT2D eigenvalue weighted by atomic mass is 9.97. The number of nitrogens with zero attached hydrogens (tertiary/aromatic N) is 2. The second-order valence-corrected chi connectivity index (χ2v) is 8.50. The number of aromatic nitrogens is 2. The molecule has 0 saturated heterocycles. The van der Waals surface area contributed by atoms with E-state index in [4.69, 9.17) is 0 Å². The molecule has 0 atom stereocenters. The van der Waals surface area contributed by atoms with Gasteiger partial charge in [0, 0.05) is 35.1 Å². The molecule has 0 saturated carbocycles. The lowest BCUT2D eigenvalue weighted by Crippen LogP contribution is -3.00. The molecule has 31 heavy (non-hydrogen) atoms. The Hall–Kier alpha value is -2.84. The second-order valence-electron chi connectivity index (χ2n) is 8.50. The summed E-state index contributed by atoms with van der Waals surface area (Å²) in [6, 6.07) is 22.6. The fourth-order valence-electron chi connectivity index (χ4n) is 4.76. The fraction of sp³-hybridized carbons (Fsp3) is 0.250. The molecule has 2 heterocycles. The van der Waals surface area contributed by atoms with Crippen LogP contribution in [0.3, 0.4) is 0 Å². The Morgan fingerprint density at radius 1 is 0.871 bits per heavy atom. The van der Waals surface area contributed by atoms with Crippen molar-refractivity contribution in [1.82, 2.24) is 4.57 Å². The van der Waals surface area contributed by atoms with Gasteiger partial charge in [-0.1, -0.05) is 44.0 Å². The van der Waals surface area contributed by atoms with Gasteiger partial charge in [0.05, 0.1) is 5.39 Å². The largest absolute Gasteiger partial charge is 1.00 e. The third kappa shape index (κ3) is 3.81. The number of halogens is 1. The quantitative estimate of drug-likeness (QED) is 0.228. The average Bonchev–Trinajstić information content (AvgIpc) is 3.16. The van der Waals surface area contributed by atoms with Gasteiger partial charge < -0.3 is 17.0 Å². The number of unbranched alkanes of at least 4 members (excludes halogenated alkanes) is 2. The highest BCUT2D eigenvalue weighted by Gasteiger charge is 2.13. The molecule has 5 rings (SSSR count). The summed E-state index contributed by atoms with van der Waals surface area (Å²) in [5.74, 6) is 0. The second kappa shape index (κ2) is 8.72. The Labute approximate surface area is 190 Å². The zero-order valence-electron chi connectivity index (χ0n) is 18.5. The molecule has 0 amide bonds. The molecule has 3 aromatic carbocycles. The van der Waals surface area contributed by atoms with Crippen LogP contribution in [0.5, 0.6) is 0 Å². The van der Waals surface area contributed by atoms with E-state index in [-0.39, 0.29) is 12.4 Å². The van der Waals surface area contributed by atoms with Gasteiger partial charge in [-0.05, 0) is 65.8 Å². The van der Waals surface area contributed by atoms with Gasteiger partial charge in [-0.2, -0.15) is 0 Å². The molecule has 0 spiro atoms. The summed E-state index contributed by atoms with van der Waals surface area (Å²) in [5, 5.41) is 5.30. The first-order chi connectivity index (χ1) is 14.7. The molecule has 0 N–H and O–H groups in total. The molecule has 158 valence electrons. The summed E-state index contributed by atoms with van der Waals surface area (Å²) in [6.45, 7) is 5.57. The van der Waals surface area contributed by atoms with E-state index in [2.05, 4.69) is 103 Å². The minimum Gasteiger partial charge on any atom is -1.00 e. The van der Waals surface area contributed by atoms with Crippen molar-refractivity contribution in [2.75, 3.05) is 0 Å². The minimum absolute atomic E-state index is 0. The van der Waals surface area contributed by atoms with E-state index in [1.807, 2.05) is 0 Å². The molecule has 0 aliphatic heterocycles. The van der Waals surface area contributed by atoms with Gasteiger partial charge in [-0.3, -0.25) is 0 Å². The van der Waals surface area contributed by atoms with Crippen molar-refractivity contribution >= 4 is 32.6 Å². The Morgan fingerprint density at radius 2 is 1.68 bits per heavy atom. The number of hydrogen-bond acceptors (Lipinski definition) is 0. The highest BCUT2D eigenvalue weighted by molar-refractivity contribution is 6.07. The molecule has 3 heteroatoms. The highest BCUT2D eigenvalue weighted by Crippen LogP contribution is 2.31. The first-order valence-corrected chi connectivity index (χ1v) is 11.1. The van der Waals surface area contributed by atoms with Crippen LogP contribution in [0, 0.1) is 6.92 Å². The number of hydrogen-bond donors (Lipinski definition) is 0. The summed E-state index contributed by atoms with van der Waals surface area (Å²) in [4.78, 5) is 0. The zero-order chi connectivity index (χ0) is 20.7. The molecular weight excluding hydrogens is 400 g/mol. The molecule has 2 nitrogen and oxygen atoms in total. The summed E-state index contributed by atoms with van der Waals surface area (Å²) in [6.07, 6.45) is 8.25. The monoisotopic (exact) mass is 428 g/mol. The van der Waals surface area contributed by atoms with Crippen LogP contribution in [0.4, 0.5) is 0 Å². The van der Waals surface area contributed by atoms with Gasteiger partial charge in [-0.15, -0.1) is 0 Å². The zero-order valence-corrected chi connectivity index (χ0v) is 19.3. The molecule has 0 fully saturated rings. The first-order valence-electron chi connectivity index (χ1n) is 11.1. The summed E-state index contributed by atoms with van der Waals surface area (Å²) in [5.41, 5.74) is 6.50. The topological polar surface area (TPSA) is 8.81 Å². The number of aryl methyl sites for hydroxylation is 3. The van der Waals surface area contributed by atoms with Gasteiger partial charge in [-0.25, -0.2) is 4.57 Å². The van der Waals surface area contributed by atoms with Crippen molar-refractivity contribution in [2.24, 2.45) is 7.05 Å². The van der Waals surface area contributed by atoms with Crippen molar-refractivity contribution in [3.63, 3.8) is 0 Å². The summed E-state index contributed by atoms with van der Waals surface area (Å²) in [7, 11) is 2.14. The van der Waals surface area contributed by atoms with Crippen LogP contribution in [0.25, 0.3) is 43.7 Å². The Bertz CT molecular complexity index is 1380. The van der Waals surface area contributed by atoms with E-state index >= 15 is 0 Å². The van der Waals surface area contributed by atoms with Crippen molar-refractivity contribution in [1.29, 1.82) is 0 Å². The number of benzene rings is 3. The van der Waals surface area contributed by atoms with E-state index in [0.717, 1.165) is 6.54 Å². The Morgan fingerprint density at radius 3 is 2.52 bits per heavy atom. The minimum atomic E-state index is 0. The van der Waals surface area contributed by atoms with Gasteiger partial charge >= 0.3 is 0 Å². The first kappa shape index (κ1) is 21.4. The maximum atomic E-state index is 2.41. The molecule has 0 unspecified atom stereocenters. The fourth-order valence-corrected chi connectivity index (χ4v) is 4.76. The molecule has 2 aromatic heterocycles. The van der Waals surface area contributed by atoms with E-state index in [0.29, 0.717) is 0 Å². The molecule has 0 aliphatic carbocycles. The van der Waals surface area contributed by atoms with Crippen LogP contribution in [0.1, 0.15) is 31.7 Å². The normalized spacial score (nSPS) is 11.3. The van der Waals surface area contributed by atoms with Crippen LogP contribution in [-0.2, 0) is 13.6 Å². The van der Waals surface area contributed by atoms with Crippen molar-refractivity contribution in [3.05, 3.63) is 78.6 Å². The van der Waals surface area contributed by atoms with Crippen LogP contribution < -0.4 is 17.0 Å². The molecule has 5 aromatic rings. The van der Waals surface area contributed by atoms with Crippen LogP contribution in [-0.4, -0.2) is 4.57 Å². The number of pyridine rings is 1. The predicted molar refractivity (Wildman–Crippen MR) is 128 cm³/mol. The third-order valence-electron chi connectivity index (χ3n) is 6.39. The Balaban J connectivity index is 0.00000231. The van der Waals surface area contributed by atoms with Gasteiger partial charge in [0.15, 0.2) is 6.20 Å². The van der Waals surface area contributed by atoms with E-state index < -0.39 is 0 Å². The SMILES string of the molecule is CCCCCn1ccc2ccc(-c3ccc4c(c3)c3c(C)cccc3c[n+]4C)cc21.[Cl-]. The van der Waals surface area contributed by atoms with Crippen LogP contribution in [0.15, 0.2) is 73.1 Å². The highest BCUT2D eigenvalue weighted by atomic mass is 35.5. The van der Waals surface area contributed by atoms with Crippen molar-refractivity contribution in [2.45, 2.75) is 39.7 Å². The van der Waals surface area contributed by atoms with E-state index in [1.54, 1.807) is 0 Å². The average molecular weight is 429 g/mol. The van der Waals surface area contributed by atoms with E-state index in [1.165, 1.54) is 68.5 Å². The van der Waals surface area contributed by atoms with Gasteiger partial charge in [0.25, 0.3) is 0 Å². The van der Waals surface area contributed by atoms with Crippen LogP contribution in [0.2, 0.25) is 0 Å². The standard InChI is InChI=1S/C28H29N2.ClH/c1-4-5-6-15-30-16-14-21-10-11-23(18-27(21)30)22-12-13-26-25(17-22)28-20(2)8-7-9-24(28)19-29(26)3;/h7-14,16-19H,4-6,15H2,1-3H3;1H/q+1;/p-1. The predicted octanol–water partition coefficient (Wildman–Crippen LogP) is 3.94. The molecule has 0 aliphatic rings. The lowest BCUT2D eigenvalue weighted by molar-refractivity contribution is -0.643. The van der Waals surface area contributed by atoms with Crippen molar-refractivity contribution in [3.8, 4) is 11.1 Å². The molecular formula is C28H29ClN2. The maximum absolute atomic E-state index is 2.41. The van der Waals surface area contributed by atoms with Crippen LogP contribution >= 0.6 is 0 Å². The third-order valence-corrected chi connectivity index (χ3v) is 6.39. The van der Waals surface area contributed by atoms with E-state index in [9.17, 15) is 0 Å². The molecule has 0 radical (unpaired) electrons. The lowest BCUT2D eigenvalue weighted by Gasteiger charge is -2.10. The summed E-state index contributed by atoms with van der Waals surface area (Å²) < 4.78 is 4.65. The molecule has 0 bridgehead atoms. The Kier molecular flexibility index (Phi) is 6.02. The maximum Gasteiger partial charge on any atom is 0.212 e. The van der Waals surface area contributed by atoms with Crippen molar-refractivity contribution < 1.29 is 17.0 Å². The van der Waals surface area contributed by atoms with Gasteiger partial charge in [0.1, 0.15) is 7.05 Å². The number of fused-ring (bicyclic) bond motifs is 4.